The SMILES string of the molecule is C[C@@H]1CCN(C(=O)CSc2nnc(N3CCCCC3)n2C[C@H]2CCCO2)c2ccccc2S1. The Bertz CT molecular complexity index is 956. The molecule has 0 bridgehead atoms. The van der Waals surface area contributed by atoms with Crippen LogP contribution in [0.4, 0.5) is 11.6 Å². The van der Waals surface area contributed by atoms with Crippen LogP contribution < -0.4 is 9.80 Å². The molecule has 5 rings (SSSR count). The van der Waals surface area contributed by atoms with E-state index in [1.807, 2.05) is 22.7 Å². The molecule has 0 radical (unpaired) electrons. The molecule has 2 atom stereocenters. The van der Waals surface area contributed by atoms with Crippen molar-refractivity contribution in [1.82, 2.24) is 14.8 Å². The van der Waals surface area contributed by atoms with Gasteiger partial charge in [-0.3, -0.25) is 9.36 Å². The van der Waals surface area contributed by atoms with Gasteiger partial charge in [-0.05, 0) is 50.7 Å². The molecule has 1 aromatic carbocycles. The largest absolute Gasteiger partial charge is 0.376 e. The number of hydrogen-bond donors (Lipinski definition) is 0. The van der Waals surface area contributed by atoms with Crippen LogP contribution in [0, 0.1) is 0 Å². The standard InChI is InChI=1S/C24H33N5O2S2/c1-18-11-14-28(20-9-3-4-10-21(20)33-18)22(30)17-32-24-26-25-23(27-12-5-2-6-13-27)29(24)16-19-8-7-15-31-19/h3-4,9-10,18-19H,2,5-8,11-17H2,1H3/t18-,19-/m1/s1. The molecular formula is C24H33N5O2S2. The molecule has 4 heterocycles. The highest BCUT2D eigenvalue weighted by atomic mass is 32.2. The van der Waals surface area contributed by atoms with Crippen LogP contribution in [0.2, 0.25) is 0 Å². The summed E-state index contributed by atoms with van der Waals surface area (Å²) >= 11 is 3.37. The average molecular weight is 488 g/mol. The smallest absolute Gasteiger partial charge is 0.237 e. The lowest BCUT2D eigenvalue weighted by Gasteiger charge is -2.28. The number of aromatic nitrogens is 3. The second-order valence-electron chi connectivity index (χ2n) is 9.09. The Morgan fingerprint density at radius 1 is 1.12 bits per heavy atom. The van der Waals surface area contributed by atoms with E-state index in [1.165, 1.54) is 35.9 Å². The third-order valence-electron chi connectivity index (χ3n) is 6.62. The van der Waals surface area contributed by atoms with Crippen molar-refractivity contribution in [2.45, 2.75) is 73.4 Å². The lowest BCUT2D eigenvalue weighted by atomic mass is 10.1. The third kappa shape index (κ3) is 5.35. The number of para-hydroxylation sites is 1. The van der Waals surface area contributed by atoms with Gasteiger partial charge in [0.25, 0.3) is 0 Å². The predicted molar refractivity (Wildman–Crippen MR) is 135 cm³/mol. The minimum atomic E-state index is 0.133. The average Bonchev–Trinajstić information content (AvgIpc) is 3.46. The van der Waals surface area contributed by atoms with Crippen LogP contribution in [0.15, 0.2) is 34.3 Å². The lowest BCUT2D eigenvalue weighted by molar-refractivity contribution is -0.116. The number of anilines is 2. The van der Waals surface area contributed by atoms with Gasteiger partial charge in [-0.15, -0.1) is 22.0 Å². The molecule has 33 heavy (non-hydrogen) atoms. The molecule has 9 heteroatoms. The summed E-state index contributed by atoms with van der Waals surface area (Å²) in [5.74, 6) is 1.43. The van der Waals surface area contributed by atoms with E-state index in [2.05, 4.69) is 44.8 Å². The number of fused-ring (bicyclic) bond motifs is 1. The zero-order valence-corrected chi connectivity index (χ0v) is 21.0. The highest BCUT2D eigenvalue weighted by Crippen LogP contribution is 2.37. The molecule has 1 amide bonds. The van der Waals surface area contributed by atoms with Gasteiger partial charge in [-0.2, -0.15) is 0 Å². The summed E-state index contributed by atoms with van der Waals surface area (Å²) < 4.78 is 8.13. The Labute approximate surface area is 204 Å². The molecule has 0 saturated carbocycles. The Morgan fingerprint density at radius 3 is 2.79 bits per heavy atom. The van der Waals surface area contributed by atoms with Crippen LogP contribution in [0.5, 0.6) is 0 Å². The van der Waals surface area contributed by atoms with Crippen LogP contribution >= 0.6 is 23.5 Å². The number of carbonyl (C=O) groups is 1. The van der Waals surface area contributed by atoms with Crippen LogP contribution in [0.25, 0.3) is 0 Å². The second-order valence-corrected chi connectivity index (χ2v) is 11.5. The fraction of sp³-hybridized carbons (Fsp3) is 0.625. The minimum Gasteiger partial charge on any atom is -0.376 e. The van der Waals surface area contributed by atoms with E-state index in [9.17, 15) is 4.79 Å². The maximum absolute atomic E-state index is 13.4. The molecule has 1 aromatic heterocycles. The first-order chi connectivity index (χ1) is 16.2. The number of amides is 1. The van der Waals surface area contributed by atoms with Gasteiger partial charge in [-0.25, -0.2) is 0 Å². The van der Waals surface area contributed by atoms with E-state index in [-0.39, 0.29) is 12.0 Å². The predicted octanol–water partition coefficient (Wildman–Crippen LogP) is 4.46. The summed E-state index contributed by atoms with van der Waals surface area (Å²) in [7, 11) is 0. The fourth-order valence-electron chi connectivity index (χ4n) is 4.82. The van der Waals surface area contributed by atoms with Crippen molar-refractivity contribution in [3.8, 4) is 0 Å². The van der Waals surface area contributed by atoms with Gasteiger partial charge in [-0.1, -0.05) is 30.8 Å². The van der Waals surface area contributed by atoms with Gasteiger partial charge in [0.15, 0.2) is 5.16 Å². The van der Waals surface area contributed by atoms with Gasteiger partial charge in [0.2, 0.25) is 11.9 Å². The van der Waals surface area contributed by atoms with E-state index in [4.69, 9.17) is 4.74 Å². The zero-order valence-electron chi connectivity index (χ0n) is 19.3. The van der Waals surface area contributed by atoms with Crippen molar-refractivity contribution in [3.05, 3.63) is 24.3 Å². The van der Waals surface area contributed by atoms with Crippen molar-refractivity contribution in [1.29, 1.82) is 0 Å². The van der Waals surface area contributed by atoms with Crippen LogP contribution in [0.3, 0.4) is 0 Å². The number of nitrogens with zero attached hydrogens (tertiary/aromatic N) is 5. The summed E-state index contributed by atoms with van der Waals surface area (Å²) in [6.45, 7) is 6.63. The van der Waals surface area contributed by atoms with Crippen molar-refractivity contribution in [2.24, 2.45) is 0 Å². The van der Waals surface area contributed by atoms with Crippen molar-refractivity contribution < 1.29 is 9.53 Å². The first kappa shape index (κ1) is 23.1. The van der Waals surface area contributed by atoms with Gasteiger partial charge in [0, 0.05) is 36.4 Å². The second kappa shape index (κ2) is 10.7. The highest BCUT2D eigenvalue weighted by Gasteiger charge is 2.27. The summed E-state index contributed by atoms with van der Waals surface area (Å²) in [5.41, 5.74) is 1.03. The third-order valence-corrected chi connectivity index (χ3v) is 8.80. The first-order valence-electron chi connectivity index (χ1n) is 12.2. The molecular weight excluding hydrogens is 454 g/mol. The zero-order chi connectivity index (χ0) is 22.6. The summed E-state index contributed by atoms with van der Waals surface area (Å²) in [6.07, 6.45) is 7.04. The van der Waals surface area contributed by atoms with Crippen LogP contribution in [-0.4, -0.2) is 64.0 Å². The number of benzene rings is 1. The quantitative estimate of drug-likeness (QED) is 0.558. The molecule has 0 N–H and O–H groups in total. The minimum absolute atomic E-state index is 0.133. The maximum atomic E-state index is 13.4. The lowest BCUT2D eigenvalue weighted by Crippen LogP contribution is -2.34. The van der Waals surface area contributed by atoms with Gasteiger partial charge in [0.05, 0.1) is 24.1 Å². The molecule has 7 nitrogen and oxygen atoms in total. The van der Waals surface area contributed by atoms with E-state index >= 15 is 0 Å². The fourth-order valence-corrected chi connectivity index (χ4v) is 6.75. The monoisotopic (exact) mass is 487 g/mol. The maximum Gasteiger partial charge on any atom is 0.237 e. The number of carbonyl (C=O) groups excluding carboxylic acids is 1. The van der Waals surface area contributed by atoms with Crippen molar-refractivity contribution in [3.63, 3.8) is 0 Å². The van der Waals surface area contributed by atoms with E-state index in [0.717, 1.165) is 68.8 Å². The number of hydrogen-bond acceptors (Lipinski definition) is 7. The molecule has 2 saturated heterocycles. The summed E-state index contributed by atoms with van der Waals surface area (Å²) in [6, 6.07) is 8.26. The van der Waals surface area contributed by atoms with Crippen molar-refractivity contribution in [2.75, 3.05) is 41.8 Å². The number of thioether (sulfide) groups is 2. The van der Waals surface area contributed by atoms with Crippen molar-refractivity contribution >= 4 is 41.1 Å². The highest BCUT2D eigenvalue weighted by molar-refractivity contribution is 8.00. The molecule has 0 spiro atoms. The normalized spacial score (nSPS) is 23.4. The molecule has 2 aromatic rings. The topological polar surface area (TPSA) is 63.5 Å². The van der Waals surface area contributed by atoms with E-state index < -0.39 is 0 Å². The molecule has 0 unspecified atom stereocenters. The first-order valence-corrected chi connectivity index (χ1v) is 14.0. The van der Waals surface area contributed by atoms with Gasteiger partial charge >= 0.3 is 0 Å². The van der Waals surface area contributed by atoms with E-state index in [1.54, 1.807) is 0 Å². The molecule has 3 aliphatic heterocycles. The Morgan fingerprint density at radius 2 is 1.97 bits per heavy atom. The number of ether oxygens (including phenoxy) is 1. The Balaban J connectivity index is 1.32. The van der Waals surface area contributed by atoms with Crippen LogP contribution in [0.1, 0.15) is 45.4 Å². The van der Waals surface area contributed by atoms with Gasteiger partial charge < -0.3 is 14.5 Å². The summed E-state index contributed by atoms with van der Waals surface area (Å²) in [4.78, 5) is 18.9. The van der Waals surface area contributed by atoms with Gasteiger partial charge in [0.1, 0.15) is 0 Å². The Kier molecular flexibility index (Phi) is 7.47. The molecule has 0 aliphatic carbocycles. The molecule has 178 valence electrons. The number of piperidine rings is 1. The molecule has 2 fully saturated rings. The van der Waals surface area contributed by atoms with Crippen LogP contribution in [-0.2, 0) is 16.1 Å². The summed E-state index contributed by atoms with van der Waals surface area (Å²) in [5, 5.41) is 10.4. The number of rotatable bonds is 6. The molecule has 3 aliphatic rings. The Hall–Kier alpha value is -1.71. The van der Waals surface area contributed by atoms with E-state index in [0.29, 0.717) is 11.0 Å².